The standard InChI is InChI=1S/C11H16Cl/c1-11(2,3)10-6-4-9(8-12)5-7-10/h4-7,12H,8H2,1-3H3/q+1. The SMILES string of the molecule is CC(C)(C)c1ccc(C[ClH+])cc1. The van der Waals surface area contributed by atoms with Gasteiger partial charge in [-0.25, -0.2) is 0 Å². The molecule has 0 unspecified atom stereocenters. The first-order valence-corrected chi connectivity index (χ1v) is 4.79. The van der Waals surface area contributed by atoms with Crippen molar-refractivity contribution >= 4 is 0 Å². The fourth-order valence-corrected chi connectivity index (χ4v) is 1.29. The summed E-state index contributed by atoms with van der Waals surface area (Å²) in [7, 11) is 0. The van der Waals surface area contributed by atoms with E-state index in [4.69, 9.17) is 11.6 Å². The molecule has 0 saturated heterocycles. The Hall–Kier alpha value is -0.490. The molecule has 0 radical (unpaired) electrons. The zero-order valence-electron chi connectivity index (χ0n) is 7.92. The van der Waals surface area contributed by atoms with Crippen LogP contribution in [0.25, 0.3) is 0 Å². The molecule has 1 heteroatoms. The Morgan fingerprint density at radius 3 is 1.92 bits per heavy atom. The van der Waals surface area contributed by atoms with Crippen LogP contribution in [0.1, 0.15) is 31.9 Å². The van der Waals surface area contributed by atoms with E-state index in [2.05, 4.69) is 45.0 Å². The van der Waals surface area contributed by atoms with Crippen molar-refractivity contribution in [2.24, 2.45) is 0 Å². The van der Waals surface area contributed by atoms with Gasteiger partial charge in [-0.1, -0.05) is 45.0 Å². The third-order valence-corrected chi connectivity index (χ3v) is 2.32. The molecule has 0 aliphatic carbocycles. The number of hydrogen-bond donors (Lipinski definition) is 0. The fraction of sp³-hybridized carbons (Fsp3) is 0.455. The summed E-state index contributed by atoms with van der Waals surface area (Å²) in [6.45, 7) is 6.65. The molecule has 0 nitrogen and oxygen atoms in total. The van der Waals surface area contributed by atoms with Crippen molar-refractivity contribution in [2.45, 2.75) is 32.1 Å². The van der Waals surface area contributed by atoms with E-state index in [0.29, 0.717) is 5.88 Å². The largest absolute Gasteiger partial charge is 0.195 e. The van der Waals surface area contributed by atoms with Gasteiger partial charge in [-0.05, 0) is 11.0 Å². The molecular formula is C11H16Cl+. The summed E-state index contributed by atoms with van der Waals surface area (Å²) in [6.07, 6.45) is 0. The highest BCUT2D eigenvalue weighted by Crippen LogP contribution is 2.21. The molecule has 0 N–H and O–H groups in total. The molecule has 0 heterocycles. The lowest BCUT2D eigenvalue weighted by Gasteiger charge is -2.18. The first-order chi connectivity index (χ1) is 5.54. The minimum Gasteiger partial charge on any atom is -0.0580 e. The Bertz CT molecular complexity index is 241. The maximum Gasteiger partial charge on any atom is 0.195 e. The first kappa shape index (κ1) is 9.60. The molecule has 0 atom stereocenters. The van der Waals surface area contributed by atoms with Gasteiger partial charge in [0, 0.05) is 5.56 Å². The lowest BCUT2D eigenvalue weighted by atomic mass is 9.87. The molecule has 1 aromatic carbocycles. The van der Waals surface area contributed by atoms with Crippen molar-refractivity contribution in [1.29, 1.82) is 0 Å². The minimum absolute atomic E-state index is 0.250. The van der Waals surface area contributed by atoms with Crippen LogP contribution in [0, 0.1) is 11.6 Å². The van der Waals surface area contributed by atoms with Gasteiger partial charge in [-0.15, -0.1) is 0 Å². The summed E-state index contributed by atoms with van der Waals surface area (Å²) in [5.74, 6) is 0.713. The average molecular weight is 184 g/mol. The third kappa shape index (κ3) is 2.25. The first-order valence-electron chi connectivity index (χ1n) is 4.21. The predicted molar refractivity (Wildman–Crippen MR) is 50.2 cm³/mol. The molecule has 0 fully saturated rings. The Morgan fingerprint density at radius 1 is 1.08 bits per heavy atom. The van der Waals surface area contributed by atoms with Gasteiger partial charge in [0.05, 0.1) is 0 Å². The monoisotopic (exact) mass is 183 g/mol. The summed E-state index contributed by atoms with van der Waals surface area (Å²) in [6, 6.07) is 8.57. The van der Waals surface area contributed by atoms with Crippen LogP contribution in [0.15, 0.2) is 24.3 Å². The fourth-order valence-electron chi connectivity index (χ4n) is 1.10. The van der Waals surface area contributed by atoms with Crippen LogP contribution >= 0.6 is 0 Å². The predicted octanol–water partition coefficient (Wildman–Crippen LogP) is 2.77. The van der Waals surface area contributed by atoms with Gasteiger partial charge in [0.15, 0.2) is 5.88 Å². The Balaban J connectivity index is 2.93. The van der Waals surface area contributed by atoms with Crippen LogP contribution in [0.4, 0.5) is 0 Å². The lowest BCUT2D eigenvalue weighted by Crippen LogP contribution is -2.10. The van der Waals surface area contributed by atoms with Crippen molar-refractivity contribution in [3.05, 3.63) is 35.4 Å². The van der Waals surface area contributed by atoms with Gasteiger partial charge in [0.2, 0.25) is 0 Å². The highest BCUT2D eigenvalue weighted by Gasteiger charge is 2.12. The topological polar surface area (TPSA) is 0 Å². The van der Waals surface area contributed by atoms with Crippen LogP contribution in [-0.2, 0) is 11.3 Å². The molecule has 12 heavy (non-hydrogen) atoms. The summed E-state index contributed by atoms with van der Waals surface area (Å²) < 4.78 is 0. The van der Waals surface area contributed by atoms with E-state index in [0.717, 1.165) is 0 Å². The molecule has 66 valence electrons. The van der Waals surface area contributed by atoms with Gasteiger partial charge in [0.25, 0.3) is 0 Å². The van der Waals surface area contributed by atoms with Crippen molar-refractivity contribution in [2.75, 3.05) is 0 Å². The lowest BCUT2D eigenvalue weighted by molar-refractivity contribution is -0.386. The smallest absolute Gasteiger partial charge is 0.0580 e. The Labute approximate surface area is 79.6 Å². The second-order valence-corrected chi connectivity index (χ2v) is 4.38. The number of halogens is 1. The number of benzene rings is 1. The maximum atomic E-state index is 4.96. The Morgan fingerprint density at radius 2 is 1.58 bits per heavy atom. The maximum absolute atomic E-state index is 4.96. The third-order valence-electron chi connectivity index (χ3n) is 1.99. The molecule has 0 bridgehead atoms. The molecular weight excluding hydrogens is 168 g/mol. The zero-order valence-corrected chi connectivity index (χ0v) is 8.74. The summed E-state index contributed by atoms with van der Waals surface area (Å²) in [5, 5.41) is 0. The van der Waals surface area contributed by atoms with E-state index < -0.39 is 0 Å². The molecule has 0 amide bonds. The molecule has 0 aliphatic rings. The van der Waals surface area contributed by atoms with Gasteiger partial charge in [-0.3, -0.25) is 0 Å². The van der Waals surface area contributed by atoms with Crippen LogP contribution in [0.3, 0.4) is 0 Å². The van der Waals surface area contributed by atoms with Crippen LogP contribution in [-0.4, -0.2) is 0 Å². The van der Waals surface area contributed by atoms with E-state index >= 15 is 0 Å². The molecule has 0 aliphatic heterocycles. The number of hydrogen-bond acceptors (Lipinski definition) is 0. The van der Waals surface area contributed by atoms with Crippen LogP contribution in [0.5, 0.6) is 0 Å². The van der Waals surface area contributed by atoms with Gasteiger partial charge in [-0.2, -0.15) is 0 Å². The number of rotatable bonds is 1. The normalized spacial score (nSPS) is 11.7. The molecule has 0 aromatic heterocycles. The van der Waals surface area contributed by atoms with E-state index in [1.807, 2.05) is 0 Å². The molecule has 0 spiro atoms. The second-order valence-electron chi connectivity index (χ2n) is 4.09. The average Bonchev–Trinajstić information content (AvgIpc) is 2.03. The van der Waals surface area contributed by atoms with Crippen molar-refractivity contribution in [1.82, 2.24) is 0 Å². The van der Waals surface area contributed by atoms with Crippen molar-refractivity contribution < 1.29 is 11.6 Å². The zero-order chi connectivity index (χ0) is 9.19. The minimum atomic E-state index is 0.250. The van der Waals surface area contributed by atoms with E-state index in [9.17, 15) is 0 Å². The van der Waals surface area contributed by atoms with Gasteiger partial charge >= 0.3 is 0 Å². The van der Waals surface area contributed by atoms with Crippen molar-refractivity contribution in [3.8, 4) is 0 Å². The van der Waals surface area contributed by atoms with Gasteiger partial charge in [0.1, 0.15) is 11.6 Å². The van der Waals surface area contributed by atoms with E-state index in [1.165, 1.54) is 11.1 Å². The molecule has 0 saturated carbocycles. The van der Waals surface area contributed by atoms with Crippen LogP contribution in [0.2, 0.25) is 0 Å². The van der Waals surface area contributed by atoms with Crippen molar-refractivity contribution in [3.63, 3.8) is 0 Å². The summed E-state index contributed by atoms with van der Waals surface area (Å²) in [4.78, 5) is 0. The highest BCUT2D eigenvalue weighted by molar-refractivity contribution is 5.26. The molecule has 1 rings (SSSR count). The molecule has 1 aromatic rings. The number of alkyl halides is 1. The van der Waals surface area contributed by atoms with E-state index in [1.54, 1.807) is 0 Å². The second kappa shape index (κ2) is 3.49. The Kier molecular flexibility index (Phi) is 2.79. The quantitative estimate of drug-likeness (QED) is 0.588. The van der Waals surface area contributed by atoms with Crippen LogP contribution < -0.4 is 0 Å². The summed E-state index contributed by atoms with van der Waals surface area (Å²) in [5.41, 5.74) is 2.85. The van der Waals surface area contributed by atoms with E-state index in [-0.39, 0.29) is 5.41 Å². The van der Waals surface area contributed by atoms with Gasteiger partial charge < -0.3 is 0 Å². The highest BCUT2D eigenvalue weighted by atomic mass is 35.5. The summed E-state index contributed by atoms with van der Waals surface area (Å²) >= 11 is 4.96.